The Hall–Kier alpha value is -1.66. The quantitative estimate of drug-likeness (QED) is 0.912. The molecule has 2 saturated heterocycles. The third kappa shape index (κ3) is 4.50. The van der Waals surface area contributed by atoms with Gasteiger partial charge in [0.2, 0.25) is 0 Å². The summed E-state index contributed by atoms with van der Waals surface area (Å²) in [6, 6.07) is 7.10. The van der Waals surface area contributed by atoms with Crippen LogP contribution in [0.5, 0.6) is 0 Å². The normalized spacial score (nSPS) is 23.4. The fraction of sp³-hybridized carbons (Fsp3) is 0.632. The molecule has 2 amide bonds. The summed E-state index contributed by atoms with van der Waals surface area (Å²) in [6.07, 6.45) is 3.58. The van der Waals surface area contributed by atoms with Crippen molar-refractivity contribution in [2.45, 2.75) is 43.9 Å². The molecule has 0 radical (unpaired) electrons. The maximum Gasteiger partial charge on any atom is 0.317 e. The van der Waals surface area contributed by atoms with Crippen LogP contribution in [0.3, 0.4) is 0 Å². The highest BCUT2D eigenvalue weighted by atomic mass is 19.1. The first-order valence-corrected chi connectivity index (χ1v) is 9.05. The largest absolute Gasteiger partial charge is 0.375 e. The minimum Gasteiger partial charge on any atom is -0.375 e. The lowest BCUT2D eigenvalue weighted by Crippen LogP contribution is -2.54. The summed E-state index contributed by atoms with van der Waals surface area (Å²) >= 11 is 0. The molecule has 1 atom stereocenters. The number of carbonyl (C=O) groups is 1. The molecule has 2 aliphatic heterocycles. The van der Waals surface area contributed by atoms with Crippen molar-refractivity contribution in [1.29, 1.82) is 0 Å². The van der Waals surface area contributed by atoms with E-state index in [1.807, 2.05) is 12.1 Å². The topological polar surface area (TPSA) is 44.8 Å². The summed E-state index contributed by atoms with van der Waals surface area (Å²) in [5.41, 5.74) is 0.605. The highest BCUT2D eigenvalue weighted by Gasteiger charge is 2.40. The van der Waals surface area contributed by atoms with Crippen LogP contribution in [0.25, 0.3) is 0 Å². The molecule has 0 saturated carbocycles. The Morgan fingerprint density at radius 1 is 1.36 bits per heavy atom. The average molecular weight is 349 g/mol. The molecular formula is C19H28FN3O2. The zero-order valence-corrected chi connectivity index (χ0v) is 15.1. The molecular weight excluding hydrogens is 321 g/mol. The second kappa shape index (κ2) is 7.70. The number of benzene rings is 1. The Bertz CT molecular complexity index is 600. The molecule has 25 heavy (non-hydrogen) atoms. The van der Waals surface area contributed by atoms with Gasteiger partial charge < -0.3 is 15.0 Å². The lowest BCUT2D eigenvalue weighted by Gasteiger charge is -2.46. The fourth-order valence-corrected chi connectivity index (χ4v) is 3.79. The second-order valence-electron chi connectivity index (χ2n) is 7.43. The van der Waals surface area contributed by atoms with Crippen molar-refractivity contribution in [2.75, 3.05) is 33.8 Å². The van der Waals surface area contributed by atoms with Crippen molar-refractivity contribution >= 4 is 6.03 Å². The molecule has 0 bridgehead atoms. The highest BCUT2D eigenvalue weighted by Crippen LogP contribution is 2.35. The number of carbonyl (C=O) groups excluding carboxylic acids is 1. The van der Waals surface area contributed by atoms with Crippen molar-refractivity contribution in [2.24, 2.45) is 0 Å². The number of halogens is 1. The van der Waals surface area contributed by atoms with E-state index >= 15 is 0 Å². The Kier molecular flexibility index (Phi) is 5.59. The average Bonchev–Trinajstić information content (AvgIpc) is 2.59. The van der Waals surface area contributed by atoms with E-state index in [1.54, 1.807) is 25.1 Å². The number of rotatable bonds is 3. The molecule has 0 aliphatic carbocycles. The first kappa shape index (κ1) is 18.1. The zero-order valence-electron chi connectivity index (χ0n) is 15.1. The third-order valence-electron chi connectivity index (χ3n) is 5.35. The van der Waals surface area contributed by atoms with Crippen LogP contribution in [0.15, 0.2) is 24.3 Å². The van der Waals surface area contributed by atoms with Crippen LogP contribution < -0.4 is 5.32 Å². The van der Waals surface area contributed by atoms with Gasteiger partial charge in [-0.25, -0.2) is 9.18 Å². The van der Waals surface area contributed by atoms with E-state index in [2.05, 4.69) is 10.2 Å². The van der Waals surface area contributed by atoms with Crippen LogP contribution >= 0.6 is 0 Å². The van der Waals surface area contributed by atoms with Gasteiger partial charge in [0, 0.05) is 51.9 Å². The standard InChI is InChI=1S/C19H28FN3O2/c1-22(2)18(24)21-16-7-12-25-19(13-16)8-10-23(11-9-19)14-15-5-3-4-6-17(15)20/h3-6,16H,7-14H2,1-2H3,(H,21,24)/t16-/m1/s1. The van der Waals surface area contributed by atoms with E-state index in [-0.39, 0.29) is 23.5 Å². The molecule has 0 aromatic heterocycles. The molecule has 138 valence electrons. The first-order chi connectivity index (χ1) is 12.0. The van der Waals surface area contributed by atoms with Gasteiger partial charge in [0.1, 0.15) is 5.82 Å². The van der Waals surface area contributed by atoms with Gasteiger partial charge in [-0.2, -0.15) is 0 Å². The molecule has 2 heterocycles. The molecule has 3 rings (SSSR count). The van der Waals surface area contributed by atoms with Gasteiger partial charge in [0.25, 0.3) is 0 Å². The van der Waals surface area contributed by atoms with Gasteiger partial charge in [-0.3, -0.25) is 4.90 Å². The lowest BCUT2D eigenvalue weighted by atomic mass is 9.82. The van der Waals surface area contributed by atoms with Crippen LogP contribution in [0.1, 0.15) is 31.2 Å². The van der Waals surface area contributed by atoms with Crippen LogP contribution in [0, 0.1) is 5.82 Å². The van der Waals surface area contributed by atoms with Gasteiger partial charge in [0.05, 0.1) is 5.60 Å². The Morgan fingerprint density at radius 2 is 2.08 bits per heavy atom. The van der Waals surface area contributed by atoms with Crippen molar-refractivity contribution in [3.8, 4) is 0 Å². The number of hydrogen-bond donors (Lipinski definition) is 1. The minimum atomic E-state index is -0.145. The lowest BCUT2D eigenvalue weighted by molar-refractivity contribution is -0.119. The van der Waals surface area contributed by atoms with Crippen molar-refractivity contribution < 1.29 is 13.9 Å². The third-order valence-corrected chi connectivity index (χ3v) is 5.35. The molecule has 1 spiro atoms. The molecule has 2 fully saturated rings. The number of ether oxygens (including phenoxy) is 1. The number of urea groups is 1. The van der Waals surface area contributed by atoms with E-state index in [9.17, 15) is 9.18 Å². The molecule has 5 nitrogen and oxygen atoms in total. The maximum atomic E-state index is 13.8. The summed E-state index contributed by atoms with van der Waals surface area (Å²) in [5.74, 6) is -0.136. The summed E-state index contributed by atoms with van der Waals surface area (Å²) in [6.45, 7) is 3.11. The summed E-state index contributed by atoms with van der Waals surface area (Å²) in [7, 11) is 3.51. The molecule has 1 N–H and O–H groups in total. The molecule has 1 aromatic rings. The summed E-state index contributed by atoms with van der Waals surface area (Å²) in [5, 5.41) is 3.09. The number of likely N-dealkylation sites (tertiary alicyclic amines) is 1. The molecule has 0 unspecified atom stereocenters. The predicted molar refractivity (Wildman–Crippen MR) is 94.8 cm³/mol. The number of nitrogens with zero attached hydrogens (tertiary/aromatic N) is 2. The molecule has 2 aliphatic rings. The van der Waals surface area contributed by atoms with Gasteiger partial charge in [-0.15, -0.1) is 0 Å². The number of hydrogen-bond acceptors (Lipinski definition) is 3. The zero-order chi connectivity index (χ0) is 17.9. The SMILES string of the molecule is CN(C)C(=O)N[C@@H]1CCOC2(CCN(Cc3ccccc3F)CC2)C1. The Morgan fingerprint density at radius 3 is 2.76 bits per heavy atom. The number of piperidine rings is 1. The summed E-state index contributed by atoms with van der Waals surface area (Å²) < 4.78 is 20.0. The Labute approximate surface area is 149 Å². The van der Waals surface area contributed by atoms with Gasteiger partial charge in [0.15, 0.2) is 0 Å². The van der Waals surface area contributed by atoms with Crippen LogP contribution in [-0.4, -0.2) is 61.3 Å². The van der Waals surface area contributed by atoms with Crippen LogP contribution in [0.2, 0.25) is 0 Å². The van der Waals surface area contributed by atoms with E-state index < -0.39 is 0 Å². The van der Waals surface area contributed by atoms with Crippen LogP contribution in [-0.2, 0) is 11.3 Å². The van der Waals surface area contributed by atoms with Crippen molar-refractivity contribution in [1.82, 2.24) is 15.1 Å². The van der Waals surface area contributed by atoms with Crippen molar-refractivity contribution in [3.63, 3.8) is 0 Å². The molecule has 1 aromatic carbocycles. The molecule has 6 heteroatoms. The first-order valence-electron chi connectivity index (χ1n) is 9.05. The monoisotopic (exact) mass is 349 g/mol. The number of nitrogens with one attached hydrogen (secondary N) is 1. The minimum absolute atomic E-state index is 0.0426. The Balaban J connectivity index is 1.53. The van der Waals surface area contributed by atoms with E-state index in [1.165, 1.54) is 6.07 Å². The van der Waals surface area contributed by atoms with E-state index in [4.69, 9.17) is 4.74 Å². The smallest absolute Gasteiger partial charge is 0.317 e. The van der Waals surface area contributed by atoms with Gasteiger partial charge in [-0.1, -0.05) is 18.2 Å². The number of amides is 2. The maximum absolute atomic E-state index is 13.8. The fourth-order valence-electron chi connectivity index (χ4n) is 3.79. The highest BCUT2D eigenvalue weighted by molar-refractivity contribution is 5.73. The van der Waals surface area contributed by atoms with E-state index in [0.29, 0.717) is 13.2 Å². The van der Waals surface area contributed by atoms with Gasteiger partial charge >= 0.3 is 6.03 Å². The van der Waals surface area contributed by atoms with Crippen molar-refractivity contribution in [3.05, 3.63) is 35.6 Å². The second-order valence-corrected chi connectivity index (χ2v) is 7.43. The van der Waals surface area contributed by atoms with Gasteiger partial charge in [-0.05, 0) is 31.7 Å². The van der Waals surface area contributed by atoms with E-state index in [0.717, 1.165) is 44.3 Å². The summed E-state index contributed by atoms with van der Waals surface area (Å²) in [4.78, 5) is 15.8. The van der Waals surface area contributed by atoms with Crippen LogP contribution in [0.4, 0.5) is 9.18 Å². The predicted octanol–water partition coefficient (Wildman–Crippen LogP) is 2.61.